The van der Waals surface area contributed by atoms with Gasteiger partial charge in [-0.05, 0) is 32.4 Å². The van der Waals surface area contributed by atoms with Crippen molar-refractivity contribution in [3.05, 3.63) is 71.5 Å². The van der Waals surface area contributed by atoms with Gasteiger partial charge in [0.15, 0.2) is 5.82 Å². The average molecular weight is 331 g/mol. The van der Waals surface area contributed by atoms with Crippen molar-refractivity contribution >= 4 is 11.5 Å². The third-order valence-corrected chi connectivity index (χ3v) is 3.95. The molecule has 3 aromatic rings. The summed E-state index contributed by atoms with van der Waals surface area (Å²) in [5, 5.41) is 8.71. The average Bonchev–Trinajstić information content (AvgIpc) is 2.60. The zero-order chi connectivity index (χ0) is 17.8. The van der Waals surface area contributed by atoms with E-state index in [9.17, 15) is 0 Å². The number of nitrogens with zero attached hydrogens (tertiary/aromatic N) is 4. The van der Waals surface area contributed by atoms with E-state index in [2.05, 4.69) is 51.4 Å². The maximum absolute atomic E-state index is 6.05. The highest BCUT2D eigenvalue weighted by Crippen LogP contribution is 2.27. The molecule has 0 saturated heterocycles. The first-order chi connectivity index (χ1) is 12.0. The van der Waals surface area contributed by atoms with Gasteiger partial charge in [0.1, 0.15) is 5.82 Å². The minimum atomic E-state index is -0.0406. The number of para-hydroxylation sites is 1. The smallest absolute Gasteiger partial charge is 0.177 e. The monoisotopic (exact) mass is 331 g/mol. The number of hydrogen-bond acceptors (Lipinski definition) is 5. The minimum Gasteiger partial charge on any atom is -0.398 e. The Balaban J connectivity index is 1.88. The lowest BCUT2D eigenvalue weighted by atomic mass is 10.1. The number of anilines is 1. The zero-order valence-corrected chi connectivity index (χ0v) is 14.6. The number of aryl methyl sites for hydroxylation is 2. The molecule has 5 heteroatoms. The Hall–Kier alpha value is -3.08. The highest BCUT2D eigenvalue weighted by atomic mass is 15.2. The summed E-state index contributed by atoms with van der Waals surface area (Å²) < 4.78 is 0. The quantitative estimate of drug-likeness (QED) is 0.528. The molecule has 0 fully saturated rings. The number of benzene rings is 2. The van der Waals surface area contributed by atoms with Crippen molar-refractivity contribution in [2.75, 3.05) is 5.73 Å². The summed E-state index contributed by atoms with van der Waals surface area (Å²) in [4.78, 5) is 8.82. The molecular weight excluding hydrogens is 310 g/mol. The van der Waals surface area contributed by atoms with Gasteiger partial charge in [0.05, 0.1) is 11.7 Å². The summed E-state index contributed by atoms with van der Waals surface area (Å²) in [7, 11) is 0. The van der Waals surface area contributed by atoms with Crippen molar-refractivity contribution < 1.29 is 0 Å². The van der Waals surface area contributed by atoms with Gasteiger partial charge in [-0.2, -0.15) is 5.11 Å². The minimum absolute atomic E-state index is 0.0406. The summed E-state index contributed by atoms with van der Waals surface area (Å²) >= 11 is 0. The van der Waals surface area contributed by atoms with Crippen LogP contribution in [0.15, 0.2) is 64.8 Å². The van der Waals surface area contributed by atoms with Crippen molar-refractivity contribution in [2.45, 2.75) is 26.8 Å². The van der Waals surface area contributed by atoms with Crippen LogP contribution in [0.5, 0.6) is 0 Å². The molecule has 0 bridgehead atoms. The van der Waals surface area contributed by atoms with Crippen LogP contribution in [0.25, 0.3) is 11.3 Å². The van der Waals surface area contributed by atoms with Crippen LogP contribution in [0.3, 0.4) is 0 Å². The summed E-state index contributed by atoms with van der Waals surface area (Å²) in [6.45, 7) is 5.92. The van der Waals surface area contributed by atoms with Crippen molar-refractivity contribution in [1.29, 1.82) is 0 Å². The molecule has 0 aliphatic carbocycles. The third kappa shape index (κ3) is 4.07. The van der Waals surface area contributed by atoms with E-state index in [0.29, 0.717) is 17.3 Å². The molecule has 0 aliphatic rings. The maximum Gasteiger partial charge on any atom is 0.177 e. The lowest BCUT2D eigenvalue weighted by molar-refractivity contribution is 0.758. The van der Waals surface area contributed by atoms with E-state index in [0.717, 1.165) is 16.8 Å². The molecule has 2 N–H and O–H groups in total. The molecule has 1 aromatic heterocycles. The summed E-state index contributed by atoms with van der Waals surface area (Å²) in [6, 6.07) is 17.7. The fraction of sp³-hybridized carbons (Fsp3) is 0.200. The Morgan fingerprint density at radius 1 is 0.960 bits per heavy atom. The highest BCUT2D eigenvalue weighted by molar-refractivity contribution is 5.74. The number of azo groups is 1. The second-order valence-corrected chi connectivity index (χ2v) is 6.05. The third-order valence-electron chi connectivity index (χ3n) is 3.95. The van der Waals surface area contributed by atoms with Gasteiger partial charge >= 0.3 is 0 Å². The van der Waals surface area contributed by atoms with E-state index in [1.54, 1.807) is 0 Å². The summed E-state index contributed by atoms with van der Waals surface area (Å²) in [5.74, 6) is 1.17. The van der Waals surface area contributed by atoms with Crippen molar-refractivity contribution in [3.8, 4) is 11.3 Å². The van der Waals surface area contributed by atoms with E-state index in [1.807, 2.05) is 44.2 Å². The number of aromatic nitrogens is 2. The molecule has 3 rings (SSSR count). The normalized spacial score (nSPS) is 12.4. The fourth-order valence-corrected chi connectivity index (χ4v) is 2.53. The molecule has 0 aliphatic heterocycles. The van der Waals surface area contributed by atoms with Crippen molar-refractivity contribution in [2.24, 2.45) is 10.2 Å². The molecule has 1 unspecified atom stereocenters. The molecule has 0 amide bonds. The lowest BCUT2D eigenvalue weighted by Gasteiger charge is -2.07. The molecule has 1 atom stereocenters. The Labute approximate surface area is 147 Å². The fourth-order valence-electron chi connectivity index (χ4n) is 2.53. The number of nitrogens with two attached hydrogens (primary N) is 1. The van der Waals surface area contributed by atoms with Gasteiger partial charge in [-0.1, -0.05) is 48.0 Å². The van der Waals surface area contributed by atoms with Gasteiger partial charge in [0, 0.05) is 17.3 Å². The highest BCUT2D eigenvalue weighted by Gasteiger charge is 2.08. The van der Waals surface area contributed by atoms with E-state index in [1.165, 1.54) is 5.56 Å². The van der Waals surface area contributed by atoms with Crippen molar-refractivity contribution in [1.82, 2.24) is 9.97 Å². The second kappa shape index (κ2) is 7.21. The number of nitrogen functional groups attached to an aromatic ring is 1. The molecule has 5 nitrogen and oxygen atoms in total. The zero-order valence-electron chi connectivity index (χ0n) is 14.6. The predicted octanol–water partition coefficient (Wildman–Crippen LogP) is 5.19. The Morgan fingerprint density at radius 3 is 2.40 bits per heavy atom. The van der Waals surface area contributed by atoms with Crippen LogP contribution in [0.2, 0.25) is 0 Å². The van der Waals surface area contributed by atoms with Crippen LogP contribution in [0, 0.1) is 13.8 Å². The first-order valence-corrected chi connectivity index (χ1v) is 8.21. The van der Waals surface area contributed by atoms with Crippen LogP contribution in [-0.2, 0) is 0 Å². The predicted molar refractivity (Wildman–Crippen MR) is 101 cm³/mol. The van der Waals surface area contributed by atoms with Crippen LogP contribution in [-0.4, -0.2) is 9.97 Å². The molecule has 126 valence electrons. The Bertz CT molecular complexity index is 900. The topological polar surface area (TPSA) is 76.5 Å². The van der Waals surface area contributed by atoms with Crippen LogP contribution in [0.1, 0.15) is 29.9 Å². The van der Waals surface area contributed by atoms with Crippen LogP contribution in [0.4, 0.5) is 11.5 Å². The lowest BCUT2D eigenvalue weighted by Crippen LogP contribution is -1.95. The van der Waals surface area contributed by atoms with Crippen molar-refractivity contribution in [3.63, 3.8) is 0 Å². The van der Waals surface area contributed by atoms with Gasteiger partial charge in [-0.3, -0.25) is 0 Å². The first kappa shape index (κ1) is 16.8. The van der Waals surface area contributed by atoms with Crippen LogP contribution < -0.4 is 5.73 Å². The Kier molecular flexibility index (Phi) is 4.84. The molecule has 2 aromatic carbocycles. The van der Waals surface area contributed by atoms with Crippen LogP contribution >= 0.6 is 0 Å². The van der Waals surface area contributed by atoms with Gasteiger partial charge in [-0.25, -0.2) is 9.97 Å². The van der Waals surface area contributed by atoms with E-state index in [-0.39, 0.29) is 6.04 Å². The van der Waals surface area contributed by atoms with Gasteiger partial charge in [0.2, 0.25) is 0 Å². The van der Waals surface area contributed by atoms with E-state index >= 15 is 0 Å². The van der Waals surface area contributed by atoms with E-state index in [4.69, 9.17) is 5.73 Å². The number of rotatable bonds is 4. The SMILES string of the molecule is Cc1ccc(C(C)N=Nc2cc(-c3ccccc3N)nc(C)n2)cc1. The Morgan fingerprint density at radius 2 is 1.68 bits per heavy atom. The molecule has 0 radical (unpaired) electrons. The molecular formula is C20H21N5. The van der Waals surface area contributed by atoms with Gasteiger partial charge < -0.3 is 5.73 Å². The maximum atomic E-state index is 6.05. The number of hydrogen-bond donors (Lipinski definition) is 1. The second-order valence-electron chi connectivity index (χ2n) is 6.05. The van der Waals surface area contributed by atoms with Gasteiger partial charge in [0.25, 0.3) is 0 Å². The molecule has 0 spiro atoms. The molecule has 1 heterocycles. The summed E-state index contributed by atoms with van der Waals surface area (Å²) in [5.41, 5.74) is 10.7. The summed E-state index contributed by atoms with van der Waals surface area (Å²) in [6.07, 6.45) is 0. The van der Waals surface area contributed by atoms with Gasteiger partial charge in [-0.15, -0.1) is 5.11 Å². The molecule has 25 heavy (non-hydrogen) atoms. The largest absolute Gasteiger partial charge is 0.398 e. The molecule has 0 saturated carbocycles. The first-order valence-electron chi connectivity index (χ1n) is 8.21. The standard InChI is InChI=1S/C20H21N5/c1-13-8-10-16(11-9-13)14(2)24-25-20-12-19(22-15(3)23-20)17-6-4-5-7-18(17)21/h4-12,14H,21H2,1-3H3. The van der Waals surface area contributed by atoms with E-state index < -0.39 is 0 Å².